The fraction of sp³-hybridized carbons (Fsp3) is 0.214. The Morgan fingerprint density at radius 3 is 2.61 bits per heavy atom. The van der Waals surface area contributed by atoms with Gasteiger partial charge in [0.25, 0.3) is 0 Å². The minimum absolute atomic E-state index is 0.343. The molecule has 0 aliphatic rings. The number of rotatable bonds is 4. The summed E-state index contributed by atoms with van der Waals surface area (Å²) in [6.07, 6.45) is 4.88. The van der Waals surface area contributed by atoms with Gasteiger partial charge < -0.3 is 5.73 Å². The molecule has 0 radical (unpaired) electrons. The lowest BCUT2D eigenvalue weighted by atomic mass is 10.00. The lowest BCUT2D eigenvalue weighted by molar-refractivity contribution is 0.564. The molecule has 94 valence electrons. The van der Waals surface area contributed by atoms with E-state index in [2.05, 4.69) is 4.98 Å². The predicted octanol–water partition coefficient (Wildman–Crippen LogP) is 3.51. The highest BCUT2D eigenvalue weighted by atomic mass is 35.5. The molecule has 0 bridgehead atoms. The van der Waals surface area contributed by atoms with Gasteiger partial charge in [-0.05, 0) is 42.7 Å². The lowest BCUT2D eigenvalue weighted by Crippen LogP contribution is -2.13. The number of aryl methyl sites for hydroxylation is 1. The first-order chi connectivity index (χ1) is 8.68. The van der Waals surface area contributed by atoms with Gasteiger partial charge in [0, 0.05) is 29.0 Å². The first kappa shape index (κ1) is 13.0. The Morgan fingerprint density at radius 1 is 1.22 bits per heavy atom. The third kappa shape index (κ3) is 3.06. The molecular weight excluding hydrogens is 251 g/mol. The summed E-state index contributed by atoms with van der Waals surface area (Å²) < 4.78 is 13.7. The molecule has 1 unspecified atom stereocenters. The van der Waals surface area contributed by atoms with Crippen molar-refractivity contribution in [3.05, 3.63) is 64.7 Å². The highest BCUT2D eigenvalue weighted by Crippen LogP contribution is 2.27. The Bertz CT molecular complexity index is 496. The molecule has 0 aliphatic carbocycles. The fourth-order valence-corrected chi connectivity index (χ4v) is 2.18. The monoisotopic (exact) mass is 264 g/mol. The van der Waals surface area contributed by atoms with E-state index in [1.807, 2.05) is 12.1 Å². The van der Waals surface area contributed by atoms with Gasteiger partial charge in [0.1, 0.15) is 5.82 Å². The number of nitrogens with two attached hydrogens (primary N) is 1. The Labute approximate surface area is 111 Å². The number of benzene rings is 1. The molecule has 0 aliphatic heterocycles. The minimum Gasteiger partial charge on any atom is -0.324 e. The molecular formula is C14H14ClFN2. The predicted molar refractivity (Wildman–Crippen MR) is 70.9 cm³/mol. The molecule has 2 nitrogen and oxygen atoms in total. The minimum atomic E-state index is -0.396. The average Bonchev–Trinajstić information content (AvgIpc) is 2.37. The van der Waals surface area contributed by atoms with Crippen LogP contribution in [-0.2, 0) is 6.42 Å². The van der Waals surface area contributed by atoms with Gasteiger partial charge in [0.15, 0.2) is 0 Å². The molecule has 1 heterocycles. The lowest BCUT2D eigenvalue weighted by Gasteiger charge is -2.14. The number of hydrogen-bond acceptors (Lipinski definition) is 2. The van der Waals surface area contributed by atoms with Crippen LogP contribution in [0.1, 0.15) is 23.6 Å². The van der Waals surface area contributed by atoms with Crippen LogP contribution in [0.25, 0.3) is 0 Å². The zero-order valence-electron chi connectivity index (χ0n) is 9.81. The van der Waals surface area contributed by atoms with Crippen LogP contribution in [0.3, 0.4) is 0 Å². The quantitative estimate of drug-likeness (QED) is 0.918. The molecule has 0 fully saturated rings. The van der Waals surface area contributed by atoms with Crippen molar-refractivity contribution in [2.45, 2.75) is 18.9 Å². The van der Waals surface area contributed by atoms with Crippen LogP contribution in [0.15, 0.2) is 42.7 Å². The molecule has 18 heavy (non-hydrogen) atoms. The molecule has 2 aromatic rings. The van der Waals surface area contributed by atoms with Crippen LogP contribution in [0.5, 0.6) is 0 Å². The first-order valence-corrected chi connectivity index (χ1v) is 6.14. The van der Waals surface area contributed by atoms with Crippen molar-refractivity contribution >= 4 is 11.6 Å². The Kier molecular flexibility index (Phi) is 4.28. The van der Waals surface area contributed by atoms with Crippen molar-refractivity contribution in [3.8, 4) is 0 Å². The summed E-state index contributed by atoms with van der Waals surface area (Å²) in [5.74, 6) is -0.343. The van der Waals surface area contributed by atoms with E-state index in [4.69, 9.17) is 17.3 Å². The van der Waals surface area contributed by atoms with Crippen molar-refractivity contribution in [2.24, 2.45) is 5.73 Å². The normalized spacial score (nSPS) is 12.4. The summed E-state index contributed by atoms with van der Waals surface area (Å²) in [6, 6.07) is 8.08. The van der Waals surface area contributed by atoms with Crippen LogP contribution in [0, 0.1) is 5.82 Å². The molecule has 2 N–H and O–H groups in total. The maximum Gasteiger partial charge on any atom is 0.129 e. The Morgan fingerprint density at radius 2 is 1.94 bits per heavy atom. The maximum absolute atomic E-state index is 13.7. The summed E-state index contributed by atoms with van der Waals surface area (Å²) in [7, 11) is 0. The van der Waals surface area contributed by atoms with Crippen LogP contribution in [0.2, 0.25) is 5.02 Å². The van der Waals surface area contributed by atoms with Gasteiger partial charge in [-0.3, -0.25) is 4.98 Å². The van der Waals surface area contributed by atoms with Gasteiger partial charge in [0.2, 0.25) is 0 Å². The van der Waals surface area contributed by atoms with E-state index in [1.54, 1.807) is 24.5 Å². The summed E-state index contributed by atoms with van der Waals surface area (Å²) >= 11 is 5.98. The molecule has 0 spiro atoms. The van der Waals surface area contributed by atoms with Gasteiger partial charge in [0.05, 0.1) is 0 Å². The van der Waals surface area contributed by atoms with E-state index >= 15 is 0 Å². The average molecular weight is 265 g/mol. The van der Waals surface area contributed by atoms with Crippen molar-refractivity contribution in [1.82, 2.24) is 4.98 Å². The zero-order chi connectivity index (χ0) is 13.0. The number of pyridine rings is 1. The second kappa shape index (κ2) is 5.94. The van der Waals surface area contributed by atoms with Gasteiger partial charge in [-0.2, -0.15) is 0 Å². The molecule has 0 saturated carbocycles. The van der Waals surface area contributed by atoms with Gasteiger partial charge in [-0.15, -0.1) is 0 Å². The number of aromatic nitrogens is 1. The van der Waals surface area contributed by atoms with E-state index < -0.39 is 6.04 Å². The number of halogens is 2. The van der Waals surface area contributed by atoms with E-state index in [0.29, 0.717) is 17.0 Å². The summed E-state index contributed by atoms with van der Waals surface area (Å²) in [5, 5.41) is 0.386. The van der Waals surface area contributed by atoms with Crippen molar-refractivity contribution < 1.29 is 4.39 Å². The van der Waals surface area contributed by atoms with Crippen LogP contribution in [0.4, 0.5) is 4.39 Å². The van der Waals surface area contributed by atoms with E-state index in [1.165, 1.54) is 6.07 Å². The van der Waals surface area contributed by atoms with E-state index in [-0.39, 0.29) is 5.82 Å². The molecule has 4 heteroatoms. The smallest absolute Gasteiger partial charge is 0.129 e. The summed E-state index contributed by atoms with van der Waals surface area (Å²) in [5.41, 5.74) is 7.53. The van der Waals surface area contributed by atoms with Crippen molar-refractivity contribution in [3.63, 3.8) is 0 Å². The van der Waals surface area contributed by atoms with Crippen molar-refractivity contribution in [1.29, 1.82) is 0 Å². The zero-order valence-corrected chi connectivity index (χ0v) is 10.6. The fourth-order valence-electron chi connectivity index (χ4n) is 1.88. The highest BCUT2D eigenvalue weighted by molar-refractivity contribution is 6.31. The summed E-state index contributed by atoms with van der Waals surface area (Å²) in [6.45, 7) is 0. The molecule has 1 aromatic heterocycles. The molecule has 0 amide bonds. The van der Waals surface area contributed by atoms with Crippen LogP contribution < -0.4 is 5.73 Å². The first-order valence-electron chi connectivity index (χ1n) is 5.77. The van der Waals surface area contributed by atoms with Crippen LogP contribution >= 0.6 is 11.6 Å². The Balaban J connectivity index is 2.06. The van der Waals surface area contributed by atoms with Crippen LogP contribution in [-0.4, -0.2) is 4.98 Å². The molecule has 1 aromatic carbocycles. The number of hydrogen-bond donors (Lipinski definition) is 1. The number of nitrogens with zero attached hydrogens (tertiary/aromatic N) is 1. The SMILES string of the molecule is NC(CCc1ccncc1)c1c(F)cccc1Cl. The molecule has 1 atom stereocenters. The second-order valence-corrected chi connectivity index (χ2v) is 4.54. The van der Waals surface area contributed by atoms with Crippen molar-refractivity contribution in [2.75, 3.05) is 0 Å². The standard InChI is InChI=1S/C14H14ClFN2/c15-11-2-1-3-12(16)14(11)13(17)5-4-10-6-8-18-9-7-10/h1-3,6-9,13H,4-5,17H2. The van der Waals surface area contributed by atoms with E-state index in [0.717, 1.165) is 12.0 Å². The third-order valence-electron chi connectivity index (χ3n) is 2.86. The van der Waals surface area contributed by atoms with E-state index in [9.17, 15) is 4.39 Å². The third-order valence-corrected chi connectivity index (χ3v) is 3.19. The molecule has 0 saturated heterocycles. The van der Waals surface area contributed by atoms with Gasteiger partial charge in [-0.1, -0.05) is 17.7 Å². The van der Waals surface area contributed by atoms with Gasteiger partial charge >= 0.3 is 0 Å². The summed E-state index contributed by atoms with van der Waals surface area (Å²) in [4.78, 5) is 3.95. The highest BCUT2D eigenvalue weighted by Gasteiger charge is 2.14. The van der Waals surface area contributed by atoms with Gasteiger partial charge in [-0.25, -0.2) is 4.39 Å². The second-order valence-electron chi connectivity index (χ2n) is 4.14. The molecule has 2 rings (SSSR count). The maximum atomic E-state index is 13.7. The Hall–Kier alpha value is -1.45. The largest absolute Gasteiger partial charge is 0.324 e. The topological polar surface area (TPSA) is 38.9 Å².